The molecule has 2 heterocycles. The van der Waals surface area contributed by atoms with Crippen LogP contribution in [-0.2, 0) is 6.42 Å². The van der Waals surface area contributed by atoms with Crippen molar-refractivity contribution in [1.82, 2.24) is 4.98 Å². The van der Waals surface area contributed by atoms with Gasteiger partial charge in [0.2, 0.25) is 5.95 Å². The maximum Gasteiger partial charge on any atom is 0.213 e. The molecule has 4 heteroatoms. The largest absolute Gasteiger partial charge is 0.228 e. The Morgan fingerprint density at radius 2 is 2.00 bits per heavy atom. The van der Waals surface area contributed by atoms with Gasteiger partial charge in [0.05, 0.1) is 0 Å². The van der Waals surface area contributed by atoms with Gasteiger partial charge in [-0.05, 0) is 42.3 Å². The van der Waals surface area contributed by atoms with Gasteiger partial charge in [-0.3, -0.25) is 0 Å². The van der Waals surface area contributed by atoms with Crippen LogP contribution in [0.25, 0.3) is 10.4 Å². The number of aromatic nitrogens is 1. The van der Waals surface area contributed by atoms with E-state index in [1.165, 1.54) is 22.7 Å². The average molecular weight is 318 g/mol. The number of rotatable bonds is 3. The third-order valence-corrected chi connectivity index (χ3v) is 4.74. The second kappa shape index (κ2) is 5.96. The quantitative estimate of drug-likeness (QED) is 0.581. The van der Waals surface area contributed by atoms with Crippen molar-refractivity contribution >= 4 is 22.9 Å². The third-order valence-electron chi connectivity index (χ3n) is 3.24. The van der Waals surface area contributed by atoms with Gasteiger partial charge >= 0.3 is 0 Å². The molecule has 3 aromatic rings. The molecule has 0 amide bonds. The molecule has 0 aliphatic heterocycles. The smallest absolute Gasteiger partial charge is 0.213 e. The molecule has 0 aliphatic carbocycles. The molecule has 0 radical (unpaired) electrons. The van der Waals surface area contributed by atoms with Gasteiger partial charge in [-0.2, -0.15) is 4.39 Å². The maximum absolute atomic E-state index is 13.2. The molecule has 0 unspecified atom stereocenters. The van der Waals surface area contributed by atoms with Crippen LogP contribution in [0.2, 0.25) is 5.02 Å². The number of hydrogen-bond donors (Lipinski definition) is 0. The van der Waals surface area contributed by atoms with Crippen LogP contribution in [0.5, 0.6) is 0 Å². The third kappa shape index (κ3) is 3.31. The van der Waals surface area contributed by atoms with Crippen molar-refractivity contribution in [1.29, 1.82) is 0 Å². The lowest BCUT2D eigenvalue weighted by Gasteiger charge is -2.04. The lowest BCUT2D eigenvalue weighted by Crippen LogP contribution is -1.87. The topological polar surface area (TPSA) is 12.9 Å². The van der Waals surface area contributed by atoms with Gasteiger partial charge < -0.3 is 0 Å². The number of pyridine rings is 1. The van der Waals surface area contributed by atoms with Crippen LogP contribution in [0.3, 0.4) is 0 Å². The predicted octanol–water partition coefficient (Wildman–Crippen LogP) is 5.50. The first kappa shape index (κ1) is 14.2. The Balaban J connectivity index is 1.87. The number of aryl methyl sites for hydroxylation is 1. The van der Waals surface area contributed by atoms with Gasteiger partial charge in [0, 0.05) is 33.5 Å². The first-order valence-corrected chi connectivity index (χ1v) is 7.77. The molecule has 1 nitrogen and oxygen atoms in total. The zero-order valence-corrected chi connectivity index (χ0v) is 13.0. The van der Waals surface area contributed by atoms with E-state index in [4.69, 9.17) is 11.6 Å². The zero-order chi connectivity index (χ0) is 14.8. The standard InChI is InChI=1S/C17H13ClFNS/c1-11-2-4-15(18)13(8-11)9-14-3-5-16(21-14)12-6-7-20-17(19)10-12/h2-8,10H,9H2,1H3. The summed E-state index contributed by atoms with van der Waals surface area (Å²) in [6, 6.07) is 13.4. The molecule has 0 fully saturated rings. The number of hydrogen-bond acceptors (Lipinski definition) is 2. The highest BCUT2D eigenvalue weighted by Crippen LogP contribution is 2.30. The average Bonchev–Trinajstić information content (AvgIpc) is 2.91. The Morgan fingerprint density at radius 3 is 2.81 bits per heavy atom. The monoisotopic (exact) mass is 317 g/mol. The van der Waals surface area contributed by atoms with Crippen LogP contribution in [-0.4, -0.2) is 4.98 Å². The predicted molar refractivity (Wildman–Crippen MR) is 86.5 cm³/mol. The van der Waals surface area contributed by atoms with Crippen molar-refractivity contribution in [2.45, 2.75) is 13.3 Å². The summed E-state index contributed by atoms with van der Waals surface area (Å²) in [7, 11) is 0. The summed E-state index contributed by atoms with van der Waals surface area (Å²) in [6.45, 7) is 2.05. The summed E-state index contributed by atoms with van der Waals surface area (Å²) in [4.78, 5) is 5.82. The van der Waals surface area contributed by atoms with Gasteiger partial charge in [-0.25, -0.2) is 4.98 Å². The highest BCUT2D eigenvalue weighted by molar-refractivity contribution is 7.15. The van der Waals surface area contributed by atoms with Crippen LogP contribution in [0.15, 0.2) is 48.7 Å². The SMILES string of the molecule is Cc1ccc(Cl)c(Cc2ccc(-c3ccnc(F)c3)s2)c1. The fourth-order valence-corrected chi connectivity index (χ4v) is 3.42. The highest BCUT2D eigenvalue weighted by atomic mass is 35.5. The first-order chi connectivity index (χ1) is 10.1. The summed E-state index contributed by atoms with van der Waals surface area (Å²) in [5.74, 6) is -0.454. The molecule has 2 aromatic heterocycles. The van der Waals surface area contributed by atoms with Crippen molar-refractivity contribution in [3.63, 3.8) is 0 Å². The molecule has 0 saturated carbocycles. The molecule has 0 saturated heterocycles. The van der Waals surface area contributed by atoms with Crippen molar-refractivity contribution < 1.29 is 4.39 Å². The van der Waals surface area contributed by atoms with Gasteiger partial charge in [0.1, 0.15) is 0 Å². The van der Waals surface area contributed by atoms with E-state index in [9.17, 15) is 4.39 Å². The van der Waals surface area contributed by atoms with E-state index in [2.05, 4.69) is 24.0 Å². The van der Waals surface area contributed by atoms with Gasteiger partial charge in [0.15, 0.2) is 0 Å². The molecular formula is C17H13ClFNS. The normalized spacial score (nSPS) is 10.8. The second-order valence-corrected chi connectivity index (χ2v) is 6.48. The number of thiophene rings is 1. The van der Waals surface area contributed by atoms with E-state index in [0.29, 0.717) is 0 Å². The molecule has 0 spiro atoms. The van der Waals surface area contributed by atoms with Crippen molar-refractivity contribution in [3.8, 4) is 10.4 Å². The fourth-order valence-electron chi connectivity index (χ4n) is 2.21. The van der Waals surface area contributed by atoms with E-state index in [1.54, 1.807) is 11.3 Å². The Hall–Kier alpha value is -1.71. The maximum atomic E-state index is 13.2. The first-order valence-electron chi connectivity index (χ1n) is 6.57. The highest BCUT2D eigenvalue weighted by Gasteiger charge is 2.07. The molecule has 0 N–H and O–H groups in total. The van der Waals surface area contributed by atoms with Gasteiger partial charge in [-0.15, -0.1) is 11.3 Å². The Morgan fingerprint density at radius 1 is 1.14 bits per heavy atom. The van der Waals surface area contributed by atoms with E-state index in [0.717, 1.165) is 27.4 Å². The van der Waals surface area contributed by atoms with E-state index >= 15 is 0 Å². The molecule has 21 heavy (non-hydrogen) atoms. The summed E-state index contributed by atoms with van der Waals surface area (Å²) >= 11 is 7.89. The van der Waals surface area contributed by atoms with Crippen LogP contribution in [0.4, 0.5) is 4.39 Å². The minimum Gasteiger partial charge on any atom is -0.228 e. The molecule has 106 valence electrons. The summed E-state index contributed by atoms with van der Waals surface area (Å²) < 4.78 is 13.2. The van der Waals surface area contributed by atoms with Crippen molar-refractivity contribution in [3.05, 3.63) is 75.6 Å². The van der Waals surface area contributed by atoms with E-state index in [-0.39, 0.29) is 0 Å². The number of halogens is 2. The summed E-state index contributed by atoms with van der Waals surface area (Å²) in [5, 5.41) is 0.783. The Bertz CT molecular complexity index is 782. The van der Waals surface area contributed by atoms with Crippen LogP contribution < -0.4 is 0 Å². The Kier molecular flexibility index (Phi) is 4.04. The molecule has 0 atom stereocenters. The van der Waals surface area contributed by atoms with Crippen LogP contribution >= 0.6 is 22.9 Å². The number of benzene rings is 1. The van der Waals surface area contributed by atoms with E-state index < -0.39 is 5.95 Å². The minimum absolute atomic E-state index is 0.454. The zero-order valence-electron chi connectivity index (χ0n) is 11.4. The molecular weight excluding hydrogens is 305 g/mol. The van der Waals surface area contributed by atoms with Crippen LogP contribution in [0, 0.1) is 12.9 Å². The van der Waals surface area contributed by atoms with Crippen molar-refractivity contribution in [2.24, 2.45) is 0 Å². The van der Waals surface area contributed by atoms with Crippen LogP contribution in [0.1, 0.15) is 16.0 Å². The van der Waals surface area contributed by atoms with Gasteiger partial charge in [0.25, 0.3) is 0 Å². The fraction of sp³-hybridized carbons (Fsp3) is 0.118. The molecule has 0 aliphatic rings. The van der Waals surface area contributed by atoms with Crippen molar-refractivity contribution in [2.75, 3.05) is 0 Å². The second-order valence-electron chi connectivity index (χ2n) is 4.90. The van der Waals surface area contributed by atoms with Gasteiger partial charge in [-0.1, -0.05) is 29.3 Å². The summed E-state index contributed by atoms with van der Waals surface area (Å²) in [6.07, 6.45) is 2.28. The lowest BCUT2D eigenvalue weighted by molar-refractivity contribution is 0.584. The number of nitrogens with zero attached hydrogens (tertiary/aromatic N) is 1. The molecule has 0 bridgehead atoms. The Labute approximate surface area is 132 Å². The minimum atomic E-state index is -0.454. The molecule has 1 aromatic carbocycles. The van der Waals surface area contributed by atoms with E-state index in [1.807, 2.05) is 24.3 Å². The molecule has 3 rings (SSSR count). The summed E-state index contributed by atoms with van der Waals surface area (Å²) in [5.41, 5.74) is 3.17. The lowest BCUT2D eigenvalue weighted by atomic mass is 10.1.